The first-order chi connectivity index (χ1) is 25.2. The average molecular weight is 716 g/mol. The Labute approximate surface area is 319 Å². The fourth-order valence-corrected chi connectivity index (χ4v) is 6.86. The van der Waals surface area contributed by atoms with Crippen molar-refractivity contribution in [3.8, 4) is 0 Å². The summed E-state index contributed by atoms with van der Waals surface area (Å²) in [5.74, 6) is -0.0830. The van der Waals surface area contributed by atoms with Crippen molar-refractivity contribution in [1.29, 1.82) is 0 Å². The summed E-state index contributed by atoms with van der Waals surface area (Å²) in [5, 5.41) is 22.8. The molecule has 0 aromatic rings. The quantitative estimate of drug-likeness (QED) is 0.0436. The number of hydrogen-bond acceptors (Lipinski definition) is 3. The minimum atomic E-state index is -0.865. The maximum atomic E-state index is 12.2. The number of aliphatic hydroxyl groups is 2. The Morgan fingerprint density at radius 3 is 1.14 bits per heavy atom. The fourth-order valence-electron chi connectivity index (χ4n) is 6.86. The van der Waals surface area contributed by atoms with E-state index in [2.05, 4.69) is 43.5 Å². The van der Waals surface area contributed by atoms with Gasteiger partial charge in [0.2, 0.25) is 5.91 Å². The number of amides is 1. The lowest BCUT2D eigenvalue weighted by Crippen LogP contribution is -2.45. The zero-order valence-corrected chi connectivity index (χ0v) is 34.4. The molecule has 0 rings (SSSR count). The van der Waals surface area contributed by atoms with Crippen LogP contribution in [0.5, 0.6) is 0 Å². The van der Waals surface area contributed by atoms with Crippen LogP contribution in [0.3, 0.4) is 0 Å². The van der Waals surface area contributed by atoms with Crippen molar-refractivity contribution in [1.82, 2.24) is 5.32 Å². The third-order valence-corrected chi connectivity index (χ3v) is 10.4. The van der Waals surface area contributed by atoms with E-state index in [0.29, 0.717) is 6.42 Å². The number of allylic oxidation sites excluding steroid dienone is 5. The van der Waals surface area contributed by atoms with E-state index in [9.17, 15) is 15.0 Å². The Balaban J connectivity index is 3.50. The Hall–Kier alpha value is -1.39. The van der Waals surface area contributed by atoms with Gasteiger partial charge in [0.25, 0.3) is 0 Å². The molecule has 300 valence electrons. The number of carbonyl (C=O) groups excluding carboxylic acids is 1. The van der Waals surface area contributed by atoms with Crippen LogP contribution in [0.15, 0.2) is 36.5 Å². The second-order valence-electron chi connectivity index (χ2n) is 15.5. The van der Waals surface area contributed by atoms with Gasteiger partial charge in [-0.25, -0.2) is 0 Å². The van der Waals surface area contributed by atoms with Gasteiger partial charge in [-0.3, -0.25) is 4.79 Å². The molecule has 0 radical (unpaired) electrons. The van der Waals surface area contributed by atoms with Crippen molar-refractivity contribution < 1.29 is 15.0 Å². The van der Waals surface area contributed by atoms with E-state index in [4.69, 9.17) is 0 Å². The van der Waals surface area contributed by atoms with Crippen LogP contribution in [0, 0.1) is 0 Å². The van der Waals surface area contributed by atoms with Gasteiger partial charge in [0, 0.05) is 6.42 Å². The molecule has 0 aliphatic heterocycles. The highest BCUT2D eigenvalue weighted by Gasteiger charge is 2.17. The summed E-state index contributed by atoms with van der Waals surface area (Å²) in [6, 6.07) is -0.640. The number of rotatable bonds is 41. The lowest BCUT2D eigenvalue weighted by Gasteiger charge is -2.19. The molecule has 3 N–H and O–H groups in total. The molecule has 0 fully saturated rings. The average Bonchev–Trinajstić information content (AvgIpc) is 3.13. The number of aliphatic hydroxyl groups excluding tert-OH is 2. The van der Waals surface area contributed by atoms with Crippen LogP contribution in [0.25, 0.3) is 0 Å². The number of carbonyl (C=O) groups is 1. The number of nitrogens with one attached hydrogen (secondary N) is 1. The van der Waals surface area contributed by atoms with Gasteiger partial charge in [0.15, 0.2) is 0 Å². The van der Waals surface area contributed by atoms with Gasteiger partial charge in [-0.1, -0.05) is 224 Å². The van der Waals surface area contributed by atoms with Crippen molar-refractivity contribution in [2.24, 2.45) is 0 Å². The predicted molar refractivity (Wildman–Crippen MR) is 225 cm³/mol. The van der Waals surface area contributed by atoms with E-state index in [-0.39, 0.29) is 12.5 Å². The molecule has 0 aromatic heterocycles. The van der Waals surface area contributed by atoms with Gasteiger partial charge in [0.05, 0.1) is 18.8 Å². The van der Waals surface area contributed by atoms with Crippen LogP contribution >= 0.6 is 0 Å². The van der Waals surface area contributed by atoms with E-state index in [1.807, 2.05) is 6.08 Å². The van der Waals surface area contributed by atoms with Crippen LogP contribution in [-0.4, -0.2) is 34.9 Å². The summed E-state index contributed by atoms with van der Waals surface area (Å²) >= 11 is 0. The van der Waals surface area contributed by atoms with Crippen molar-refractivity contribution in [2.45, 2.75) is 251 Å². The maximum Gasteiger partial charge on any atom is 0.220 e. The van der Waals surface area contributed by atoms with Crippen molar-refractivity contribution in [3.63, 3.8) is 0 Å². The van der Waals surface area contributed by atoms with Crippen LogP contribution in [0.4, 0.5) is 0 Å². The monoisotopic (exact) mass is 716 g/mol. The van der Waals surface area contributed by atoms with Gasteiger partial charge in [-0.2, -0.15) is 0 Å². The van der Waals surface area contributed by atoms with E-state index in [0.717, 1.165) is 38.5 Å². The SMILES string of the molecule is CCCCCCCCCCCCCCCCCCCCCCC/C=C/CC/C=C/CC/C=C/C(O)C(CO)NC(=O)CCCCCCCCCC. The molecule has 0 aromatic carbocycles. The van der Waals surface area contributed by atoms with Gasteiger partial charge in [-0.15, -0.1) is 0 Å². The zero-order chi connectivity index (χ0) is 37.1. The molecule has 4 heteroatoms. The summed E-state index contributed by atoms with van der Waals surface area (Å²) in [6.07, 6.45) is 57.2. The van der Waals surface area contributed by atoms with Crippen molar-refractivity contribution in [3.05, 3.63) is 36.5 Å². The first-order valence-electron chi connectivity index (χ1n) is 22.7. The number of unbranched alkanes of at least 4 members (excludes halogenated alkanes) is 30. The van der Waals surface area contributed by atoms with Gasteiger partial charge in [0.1, 0.15) is 0 Å². The molecule has 51 heavy (non-hydrogen) atoms. The minimum Gasteiger partial charge on any atom is -0.394 e. The highest BCUT2D eigenvalue weighted by molar-refractivity contribution is 5.76. The molecule has 0 spiro atoms. The van der Waals surface area contributed by atoms with E-state index in [1.54, 1.807) is 6.08 Å². The van der Waals surface area contributed by atoms with Crippen LogP contribution < -0.4 is 5.32 Å². The second-order valence-corrected chi connectivity index (χ2v) is 15.5. The molecule has 0 heterocycles. The molecule has 0 bridgehead atoms. The largest absolute Gasteiger partial charge is 0.394 e. The third-order valence-electron chi connectivity index (χ3n) is 10.4. The van der Waals surface area contributed by atoms with E-state index >= 15 is 0 Å². The number of hydrogen-bond donors (Lipinski definition) is 3. The normalized spacial score (nSPS) is 13.3. The van der Waals surface area contributed by atoms with Crippen LogP contribution in [0.1, 0.15) is 239 Å². The summed E-state index contributed by atoms with van der Waals surface area (Å²) in [5.41, 5.74) is 0. The van der Waals surface area contributed by atoms with Crippen LogP contribution in [0.2, 0.25) is 0 Å². The Morgan fingerprint density at radius 1 is 0.451 bits per heavy atom. The maximum absolute atomic E-state index is 12.2. The lowest BCUT2D eigenvalue weighted by molar-refractivity contribution is -0.123. The van der Waals surface area contributed by atoms with E-state index in [1.165, 1.54) is 180 Å². The Kier molecular flexibility index (Phi) is 41.8. The van der Waals surface area contributed by atoms with Crippen LogP contribution in [-0.2, 0) is 4.79 Å². The standard InChI is InChI=1S/C47H89NO3/c1-3-5-7-9-11-13-14-15-16-17-18-19-20-21-22-23-24-25-26-27-28-29-30-31-32-33-34-35-36-38-40-42-46(50)45(44-49)48-47(51)43-41-39-37-12-10-8-6-4-2/h30-31,34-35,40,42,45-46,49-50H,3-29,32-33,36-39,41,43-44H2,1-2H3,(H,48,51)/b31-30+,35-34+,42-40+. The summed E-state index contributed by atoms with van der Waals surface area (Å²) in [7, 11) is 0. The van der Waals surface area contributed by atoms with Gasteiger partial charge < -0.3 is 15.5 Å². The third kappa shape index (κ3) is 39.6. The van der Waals surface area contributed by atoms with Crippen molar-refractivity contribution >= 4 is 5.91 Å². The zero-order valence-electron chi connectivity index (χ0n) is 34.4. The van der Waals surface area contributed by atoms with Crippen molar-refractivity contribution in [2.75, 3.05) is 6.61 Å². The molecule has 0 aliphatic rings. The molecule has 2 atom stereocenters. The Morgan fingerprint density at radius 2 is 0.765 bits per heavy atom. The summed E-state index contributed by atoms with van der Waals surface area (Å²) in [4.78, 5) is 12.2. The Bertz CT molecular complexity index is 775. The molecule has 0 saturated carbocycles. The first kappa shape index (κ1) is 49.6. The minimum absolute atomic E-state index is 0.0830. The molecule has 0 aliphatic carbocycles. The molecule has 0 saturated heterocycles. The van der Waals surface area contributed by atoms with Gasteiger partial charge in [-0.05, 0) is 44.9 Å². The first-order valence-corrected chi connectivity index (χ1v) is 22.7. The second kappa shape index (κ2) is 43.0. The van der Waals surface area contributed by atoms with Gasteiger partial charge >= 0.3 is 0 Å². The van der Waals surface area contributed by atoms with E-state index < -0.39 is 12.1 Å². The predicted octanol–water partition coefficient (Wildman–Crippen LogP) is 14.2. The topological polar surface area (TPSA) is 69.6 Å². The fraction of sp³-hybridized carbons (Fsp3) is 0.851. The molecule has 4 nitrogen and oxygen atoms in total. The smallest absolute Gasteiger partial charge is 0.220 e. The summed E-state index contributed by atoms with van der Waals surface area (Å²) in [6.45, 7) is 4.26. The molecule has 2 unspecified atom stereocenters. The highest BCUT2D eigenvalue weighted by atomic mass is 16.3. The highest BCUT2D eigenvalue weighted by Crippen LogP contribution is 2.16. The lowest BCUT2D eigenvalue weighted by atomic mass is 10.0. The summed E-state index contributed by atoms with van der Waals surface area (Å²) < 4.78 is 0. The molecule has 1 amide bonds. The molecular weight excluding hydrogens is 627 g/mol. The molecular formula is C47H89NO3.